The number of benzene rings is 1. The monoisotopic (exact) mass is 365 g/mol. The summed E-state index contributed by atoms with van der Waals surface area (Å²) in [6, 6.07) is 10.4. The zero-order valence-corrected chi connectivity index (χ0v) is 16.7. The van der Waals surface area contributed by atoms with Gasteiger partial charge in [-0.3, -0.25) is 9.48 Å². The van der Waals surface area contributed by atoms with E-state index in [-0.39, 0.29) is 5.91 Å². The molecular weight excluding hydrogens is 338 g/mol. The number of nitrogens with one attached hydrogen (secondary N) is 1. The van der Waals surface area contributed by atoms with E-state index in [1.54, 1.807) is 0 Å². The highest BCUT2D eigenvalue weighted by Crippen LogP contribution is 2.14. The molecule has 0 atom stereocenters. The third-order valence-electron chi connectivity index (χ3n) is 4.92. The molecule has 1 aromatic carbocycles. The third-order valence-corrected chi connectivity index (χ3v) is 4.92. The Morgan fingerprint density at radius 2 is 1.78 bits per heavy atom. The Labute approximate surface area is 160 Å². The second kappa shape index (κ2) is 7.78. The Bertz CT molecular complexity index is 950. The van der Waals surface area contributed by atoms with Crippen LogP contribution in [-0.4, -0.2) is 32.0 Å². The summed E-state index contributed by atoms with van der Waals surface area (Å²) in [7, 11) is 1.90. The molecule has 6 nitrogen and oxygen atoms in total. The predicted octanol–water partition coefficient (Wildman–Crippen LogP) is 2.74. The van der Waals surface area contributed by atoms with Gasteiger partial charge < -0.3 is 5.32 Å². The van der Waals surface area contributed by atoms with E-state index in [9.17, 15) is 4.79 Å². The molecule has 0 fully saturated rings. The topological polar surface area (TPSA) is 64.7 Å². The quantitative estimate of drug-likeness (QED) is 0.730. The van der Waals surface area contributed by atoms with Crippen molar-refractivity contribution in [3.05, 3.63) is 64.2 Å². The molecule has 0 unspecified atom stereocenters. The second-order valence-corrected chi connectivity index (χ2v) is 7.06. The molecule has 27 heavy (non-hydrogen) atoms. The first-order valence-corrected chi connectivity index (χ1v) is 9.23. The van der Waals surface area contributed by atoms with Crippen LogP contribution < -0.4 is 5.32 Å². The molecule has 3 aromatic rings. The van der Waals surface area contributed by atoms with Gasteiger partial charge in [0.2, 0.25) is 5.91 Å². The average Bonchev–Trinajstić information content (AvgIpc) is 3.08. The van der Waals surface area contributed by atoms with E-state index in [2.05, 4.69) is 52.8 Å². The maximum absolute atomic E-state index is 12.2. The minimum absolute atomic E-state index is 0.0356. The van der Waals surface area contributed by atoms with Crippen LogP contribution in [0.25, 0.3) is 5.69 Å². The standard InChI is InChI=1S/C21H27N5O/c1-14-12-15(2)26(23-14)19-8-6-18(7-9-19)10-11-22-21(27)13-20-16(3)24-25(5)17(20)4/h6-9,12H,10-11,13H2,1-5H3,(H,22,27). The van der Waals surface area contributed by atoms with Gasteiger partial charge in [0, 0.05) is 30.5 Å². The first kappa shape index (κ1) is 18.9. The Kier molecular flexibility index (Phi) is 5.44. The summed E-state index contributed by atoms with van der Waals surface area (Å²) in [5.41, 5.74) is 7.36. The molecule has 0 aliphatic rings. The highest BCUT2D eigenvalue weighted by atomic mass is 16.1. The van der Waals surface area contributed by atoms with Gasteiger partial charge in [0.25, 0.3) is 0 Å². The van der Waals surface area contributed by atoms with Crippen molar-refractivity contribution in [1.82, 2.24) is 24.9 Å². The van der Waals surface area contributed by atoms with E-state index in [1.807, 2.05) is 37.2 Å². The van der Waals surface area contributed by atoms with Crippen molar-refractivity contribution in [3.63, 3.8) is 0 Å². The van der Waals surface area contributed by atoms with Crippen LogP contribution in [0.2, 0.25) is 0 Å². The Morgan fingerprint density at radius 1 is 1.07 bits per heavy atom. The van der Waals surface area contributed by atoms with Crippen LogP contribution in [0.15, 0.2) is 30.3 Å². The molecule has 142 valence electrons. The molecule has 6 heteroatoms. The van der Waals surface area contributed by atoms with Crippen LogP contribution in [-0.2, 0) is 24.7 Å². The molecule has 1 amide bonds. The number of carbonyl (C=O) groups is 1. The van der Waals surface area contributed by atoms with Gasteiger partial charge in [-0.15, -0.1) is 0 Å². The highest BCUT2D eigenvalue weighted by molar-refractivity contribution is 5.79. The molecule has 0 saturated carbocycles. The molecule has 0 bridgehead atoms. The molecule has 1 N–H and O–H groups in total. The molecule has 0 aliphatic heterocycles. The number of hydrogen-bond donors (Lipinski definition) is 1. The van der Waals surface area contributed by atoms with Gasteiger partial charge >= 0.3 is 0 Å². The van der Waals surface area contributed by atoms with Crippen LogP contribution in [0.3, 0.4) is 0 Å². The smallest absolute Gasteiger partial charge is 0.224 e. The van der Waals surface area contributed by atoms with Crippen molar-refractivity contribution < 1.29 is 4.79 Å². The first-order chi connectivity index (χ1) is 12.8. The lowest BCUT2D eigenvalue weighted by Crippen LogP contribution is -2.27. The number of carbonyl (C=O) groups excluding carboxylic acids is 1. The van der Waals surface area contributed by atoms with E-state index >= 15 is 0 Å². The minimum Gasteiger partial charge on any atom is -0.355 e. The van der Waals surface area contributed by atoms with Crippen LogP contribution in [0, 0.1) is 27.7 Å². The Balaban J connectivity index is 1.53. The Morgan fingerprint density at radius 3 is 2.33 bits per heavy atom. The van der Waals surface area contributed by atoms with Crippen LogP contribution in [0.5, 0.6) is 0 Å². The normalized spacial score (nSPS) is 11.0. The van der Waals surface area contributed by atoms with E-state index in [4.69, 9.17) is 0 Å². The second-order valence-electron chi connectivity index (χ2n) is 7.06. The molecule has 2 aromatic heterocycles. The molecular formula is C21H27N5O. The number of nitrogens with zero attached hydrogens (tertiary/aromatic N) is 4. The van der Waals surface area contributed by atoms with E-state index in [1.165, 1.54) is 5.56 Å². The summed E-state index contributed by atoms with van der Waals surface area (Å²) in [5.74, 6) is 0.0356. The SMILES string of the molecule is Cc1cc(C)n(-c2ccc(CCNC(=O)Cc3c(C)nn(C)c3C)cc2)n1. The fourth-order valence-electron chi connectivity index (χ4n) is 3.34. The largest absolute Gasteiger partial charge is 0.355 e. The highest BCUT2D eigenvalue weighted by Gasteiger charge is 2.13. The van der Waals surface area contributed by atoms with Crippen molar-refractivity contribution >= 4 is 5.91 Å². The average molecular weight is 365 g/mol. The van der Waals surface area contributed by atoms with Crippen LogP contribution in [0.4, 0.5) is 0 Å². The van der Waals surface area contributed by atoms with Gasteiger partial charge in [0.1, 0.15) is 0 Å². The third kappa shape index (κ3) is 4.27. The number of aryl methyl sites for hydroxylation is 4. The number of hydrogen-bond acceptors (Lipinski definition) is 3. The first-order valence-electron chi connectivity index (χ1n) is 9.23. The van der Waals surface area contributed by atoms with Gasteiger partial charge in [-0.25, -0.2) is 4.68 Å². The molecule has 2 heterocycles. The number of aromatic nitrogens is 4. The summed E-state index contributed by atoms with van der Waals surface area (Å²) in [4.78, 5) is 12.2. The maximum Gasteiger partial charge on any atom is 0.224 e. The van der Waals surface area contributed by atoms with Crippen molar-refractivity contribution in [3.8, 4) is 5.69 Å². The van der Waals surface area contributed by atoms with Crippen molar-refractivity contribution in [2.75, 3.05) is 6.54 Å². The fraction of sp³-hybridized carbons (Fsp3) is 0.381. The molecule has 0 radical (unpaired) electrons. The fourth-order valence-corrected chi connectivity index (χ4v) is 3.34. The van der Waals surface area contributed by atoms with Gasteiger partial charge in [0.05, 0.1) is 23.5 Å². The zero-order chi connectivity index (χ0) is 19.6. The number of rotatable bonds is 6. The lowest BCUT2D eigenvalue weighted by Gasteiger charge is -2.08. The Hall–Kier alpha value is -2.89. The van der Waals surface area contributed by atoms with Crippen molar-refractivity contribution in [1.29, 1.82) is 0 Å². The van der Waals surface area contributed by atoms with Gasteiger partial charge in [0.15, 0.2) is 0 Å². The summed E-state index contributed by atoms with van der Waals surface area (Å²) < 4.78 is 3.77. The summed E-state index contributed by atoms with van der Waals surface area (Å²) >= 11 is 0. The van der Waals surface area contributed by atoms with Crippen molar-refractivity contribution in [2.45, 2.75) is 40.5 Å². The lowest BCUT2D eigenvalue weighted by molar-refractivity contribution is -0.120. The van der Waals surface area contributed by atoms with Crippen LogP contribution in [0.1, 0.15) is 33.9 Å². The van der Waals surface area contributed by atoms with Crippen molar-refractivity contribution in [2.24, 2.45) is 7.05 Å². The molecule has 0 aliphatic carbocycles. The van der Waals surface area contributed by atoms with E-state index < -0.39 is 0 Å². The number of amides is 1. The van der Waals surface area contributed by atoms with E-state index in [0.29, 0.717) is 13.0 Å². The molecule has 0 saturated heterocycles. The zero-order valence-electron chi connectivity index (χ0n) is 16.7. The lowest BCUT2D eigenvalue weighted by atomic mass is 10.1. The van der Waals surface area contributed by atoms with Gasteiger partial charge in [-0.2, -0.15) is 10.2 Å². The molecule has 0 spiro atoms. The summed E-state index contributed by atoms with van der Waals surface area (Å²) in [6.45, 7) is 8.60. The molecule has 3 rings (SSSR count). The summed E-state index contributed by atoms with van der Waals surface area (Å²) in [6.07, 6.45) is 1.18. The predicted molar refractivity (Wildman–Crippen MR) is 106 cm³/mol. The maximum atomic E-state index is 12.2. The summed E-state index contributed by atoms with van der Waals surface area (Å²) in [5, 5.41) is 11.9. The van der Waals surface area contributed by atoms with Gasteiger partial charge in [-0.1, -0.05) is 12.1 Å². The van der Waals surface area contributed by atoms with E-state index in [0.717, 1.165) is 40.4 Å². The van der Waals surface area contributed by atoms with Gasteiger partial charge in [-0.05, 0) is 57.9 Å². The van der Waals surface area contributed by atoms with Crippen LogP contribution >= 0.6 is 0 Å². The minimum atomic E-state index is 0.0356.